The Morgan fingerprint density at radius 3 is 2.69 bits per heavy atom. The van der Waals surface area contributed by atoms with Gasteiger partial charge in [-0.1, -0.05) is 6.92 Å². The average molecular weight is 224 g/mol. The summed E-state index contributed by atoms with van der Waals surface area (Å²) in [6, 6.07) is 3.90. The van der Waals surface area contributed by atoms with Crippen LogP contribution >= 0.6 is 0 Å². The molecule has 5 heteroatoms. The first-order chi connectivity index (χ1) is 7.54. The number of nitro benzene ring substituents is 1. The number of non-ortho nitro benzene ring substituents is 1. The molecule has 2 rings (SSSR count). The molecule has 0 heterocycles. The Bertz CT molecular complexity index is 416. The topological polar surface area (TPSA) is 55.2 Å². The van der Waals surface area contributed by atoms with E-state index in [9.17, 15) is 14.5 Å². The van der Waals surface area contributed by atoms with Gasteiger partial charge in [0.25, 0.3) is 5.69 Å². The molecule has 0 unspecified atom stereocenters. The van der Waals surface area contributed by atoms with Gasteiger partial charge in [-0.2, -0.15) is 0 Å². The summed E-state index contributed by atoms with van der Waals surface area (Å²) in [5.74, 6) is 0.102. The number of nitrogens with zero attached hydrogens (tertiary/aromatic N) is 1. The highest BCUT2D eigenvalue weighted by Gasteiger charge is 2.25. The second kappa shape index (κ2) is 4.08. The molecule has 1 saturated carbocycles. The fourth-order valence-corrected chi connectivity index (χ4v) is 2.02. The molecule has 16 heavy (non-hydrogen) atoms. The second-order valence-corrected chi connectivity index (χ2v) is 4.37. The van der Waals surface area contributed by atoms with E-state index in [0.29, 0.717) is 17.6 Å². The predicted octanol–water partition coefficient (Wildman–Crippen LogP) is 2.94. The van der Waals surface area contributed by atoms with Crippen molar-refractivity contribution in [3.05, 3.63) is 34.1 Å². The zero-order valence-corrected chi connectivity index (χ0v) is 8.94. The number of nitrogens with one attached hydrogen (secondary N) is 1. The highest BCUT2D eigenvalue weighted by molar-refractivity contribution is 5.52. The maximum Gasteiger partial charge on any atom is 0.274 e. The highest BCUT2D eigenvalue weighted by atomic mass is 19.1. The molecule has 0 saturated heterocycles. The number of hydrogen-bond donors (Lipinski definition) is 1. The summed E-state index contributed by atoms with van der Waals surface area (Å²) in [5, 5.41) is 13.6. The first-order valence-corrected chi connectivity index (χ1v) is 5.26. The Balaban J connectivity index is 2.11. The largest absolute Gasteiger partial charge is 0.382 e. The molecule has 0 aliphatic heterocycles. The van der Waals surface area contributed by atoms with Crippen LogP contribution in [-0.4, -0.2) is 11.0 Å². The fourth-order valence-electron chi connectivity index (χ4n) is 2.02. The molecule has 0 atom stereocenters. The molecule has 0 spiro atoms. The van der Waals surface area contributed by atoms with E-state index in [-0.39, 0.29) is 5.69 Å². The van der Waals surface area contributed by atoms with E-state index >= 15 is 0 Å². The van der Waals surface area contributed by atoms with Gasteiger partial charge in [0.05, 0.1) is 11.0 Å². The standard InChI is InChI=1S/C11H13FN2O2/c1-7-2-9(3-7)13-10-4-8(12)5-11(6-10)14(15)16/h4-7,9,13H,2-3H2,1H3. The molecule has 1 aromatic carbocycles. The molecular formula is C11H13FN2O2. The number of halogens is 1. The molecule has 0 radical (unpaired) electrons. The summed E-state index contributed by atoms with van der Waals surface area (Å²) in [4.78, 5) is 9.95. The first-order valence-electron chi connectivity index (χ1n) is 5.26. The molecule has 1 aromatic rings. The Morgan fingerprint density at radius 1 is 1.44 bits per heavy atom. The van der Waals surface area contributed by atoms with Gasteiger partial charge in [0.2, 0.25) is 0 Å². The summed E-state index contributed by atoms with van der Waals surface area (Å²) in [6.07, 6.45) is 2.06. The summed E-state index contributed by atoms with van der Waals surface area (Å²) in [5.41, 5.74) is 0.276. The minimum atomic E-state index is -0.586. The van der Waals surface area contributed by atoms with E-state index in [4.69, 9.17) is 0 Å². The minimum absolute atomic E-state index is 0.213. The fraction of sp³-hybridized carbons (Fsp3) is 0.455. The van der Waals surface area contributed by atoms with E-state index in [1.54, 1.807) is 0 Å². The lowest BCUT2D eigenvalue weighted by atomic mass is 9.82. The number of hydrogen-bond acceptors (Lipinski definition) is 3. The van der Waals surface area contributed by atoms with Crippen LogP contribution in [0, 0.1) is 21.8 Å². The van der Waals surface area contributed by atoms with Crippen LogP contribution in [0.2, 0.25) is 0 Å². The van der Waals surface area contributed by atoms with Crippen molar-refractivity contribution in [2.75, 3.05) is 5.32 Å². The third-order valence-electron chi connectivity index (χ3n) is 2.84. The number of rotatable bonds is 3. The van der Waals surface area contributed by atoms with Gasteiger partial charge in [-0.25, -0.2) is 4.39 Å². The van der Waals surface area contributed by atoms with Gasteiger partial charge in [-0.15, -0.1) is 0 Å². The van der Waals surface area contributed by atoms with Gasteiger partial charge in [-0.05, 0) is 24.8 Å². The summed E-state index contributed by atoms with van der Waals surface area (Å²) >= 11 is 0. The molecular weight excluding hydrogens is 211 g/mol. The molecule has 0 aromatic heterocycles. The van der Waals surface area contributed by atoms with Crippen molar-refractivity contribution in [1.82, 2.24) is 0 Å². The zero-order valence-electron chi connectivity index (χ0n) is 8.94. The molecule has 1 N–H and O–H groups in total. The molecule has 0 amide bonds. The van der Waals surface area contributed by atoms with Crippen LogP contribution in [-0.2, 0) is 0 Å². The first kappa shape index (κ1) is 10.9. The highest BCUT2D eigenvalue weighted by Crippen LogP contribution is 2.30. The van der Waals surface area contributed by atoms with Gasteiger partial charge in [-0.3, -0.25) is 10.1 Å². The van der Waals surface area contributed by atoms with Crippen molar-refractivity contribution < 1.29 is 9.31 Å². The van der Waals surface area contributed by atoms with Gasteiger partial charge < -0.3 is 5.32 Å². The lowest BCUT2D eigenvalue weighted by molar-refractivity contribution is -0.385. The third kappa shape index (κ3) is 2.29. The summed E-state index contributed by atoms with van der Waals surface area (Å²) in [6.45, 7) is 2.15. The van der Waals surface area contributed by atoms with E-state index in [0.717, 1.165) is 18.9 Å². The van der Waals surface area contributed by atoms with Gasteiger partial charge in [0.1, 0.15) is 5.82 Å². The van der Waals surface area contributed by atoms with Crippen molar-refractivity contribution in [1.29, 1.82) is 0 Å². The SMILES string of the molecule is CC1CC(Nc2cc(F)cc([N+](=O)[O-])c2)C1. The second-order valence-electron chi connectivity index (χ2n) is 4.37. The van der Waals surface area contributed by atoms with Crippen LogP contribution in [0.25, 0.3) is 0 Å². The van der Waals surface area contributed by atoms with Crippen LogP contribution in [0.3, 0.4) is 0 Å². The predicted molar refractivity (Wildman–Crippen MR) is 58.9 cm³/mol. The molecule has 1 aliphatic carbocycles. The molecule has 86 valence electrons. The van der Waals surface area contributed by atoms with Crippen LogP contribution in [0.5, 0.6) is 0 Å². The zero-order chi connectivity index (χ0) is 11.7. The average Bonchev–Trinajstić information content (AvgIpc) is 2.14. The van der Waals surface area contributed by atoms with Crippen LogP contribution in [0.4, 0.5) is 15.8 Å². The minimum Gasteiger partial charge on any atom is -0.382 e. The Morgan fingerprint density at radius 2 is 2.12 bits per heavy atom. The smallest absolute Gasteiger partial charge is 0.274 e. The van der Waals surface area contributed by atoms with Gasteiger partial charge >= 0.3 is 0 Å². The monoisotopic (exact) mass is 224 g/mol. The Hall–Kier alpha value is -1.65. The Labute approximate surface area is 92.6 Å². The third-order valence-corrected chi connectivity index (χ3v) is 2.84. The van der Waals surface area contributed by atoms with Gasteiger partial charge in [0, 0.05) is 17.8 Å². The van der Waals surface area contributed by atoms with E-state index in [1.807, 2.05) is 0 Å². The van der Waals surface area contributed by atoms with Crippen LogP contribution in [0.15, 0.2) is 18.2 Å². The van der Waals surface area contributed by atoms with Crippen LogP contribution < -0.4 is 5.32 Å². The van der Waals surface area contributed by atoms with E-state index < -0.39 is 10.7 Å². The number of anilines is 1. The molecule has 0 bridgehead atoms. The van der Waals surface area contributed by atoms with Crippen LogP contribution in [0.1, 0.15) is 19.8 Å². The van der Waals surface area contributed by atoms with Crippen molar-refractivity contribution in [3.8, 4) is 0 Å². The summed E-state index contributed by atoms with van der Waals surface area (Å²) < 4.78 is 13.1. The molecule has 4 nitrogen and oxygen atoms in total. The van der Waals surface area contributed by atoms with Crippen molar-refractivity contribution in [2.45, 2.75) is 25.8 Å². The van der Waals surface area contributed by atoms with Crippen molar-refractivity contribution in [2.24, 2.45) is 5.92 Å². The molecule has 1 fully saturated rings. The van der Waals surface area contributed by atoms with Gasteiger partial charge in [0.15, 0.2) is 0 Å². The lowest BCUT2D eigenvalue weighted by Gasteiger charge is -2.34. The number of benzene rings is 1. The quantitative estimate of drug-likeness (QED) is 0.634. The maximum atomic E-state index is 13.1. The normalized spacial score (nSPS) is 23.6. The lowest BCUT2D eigenvalue weighted by Crippen LogP contribution is -2.33. The van der Waals surface area contributed by atoms with E-state index in [1.165, 1.54) is 12.1 Å². The van der Waals surface area contributed by atoms with Crippen molar-refractivity contribution in [3.63, 3.8) is 0 Å². The van der Waals surface area contributed by atoms with Crippen molar-refractivity contribution >= 4 is 11.4 Å². The molecule has 1 aliphatic rings. The number of nitro groups is 1. The summed E-state index contributed by atoms with van der Waals surface area (Å²) in [7, 11) is 0. The maximum absolute atomic E-state index is 13.1. The Kier molecular flexibility index (Phi) is 2.77. The van der Waals surface area contributed by atoms with E-state index in [2.05, 4.69) is 12.2 Å².